The van der Waals surface area contributed by atoms with Crippen LogP contribution in [0.2, 0.25) is 5.02 Å². The number of hydrogen-bond donors (Lipinski definition) is 0. The molecule has 0 atom stereocenters. The van der Waals surface area contributed by atoms with Crippen LogP contribution in [0.4, 0.5) is 5.69 Å². The second-order valence-electron chi connectivity index (χ2n) is 5.64. The molecule has 122 valence electrons. The Morgan fingerprint density at radius 1 is 1.08 bits per heavy atom. The van der Waals surface area contributed by atoms with E-state index in [4.69, 9.17) is 16.1 Å². The van der Waals surface area contributed by atoms with E-state index in [-0.39, 0.29) is 0 Å². The molecule has 0 bridgehead atoms. The van der Waals surface area contributed by atoms with Crippen molar-refractivity contribution in [3.05, 3.63) is 53.1 Å². The van der Waals surface area contributed by atoms with E-state index in [9.17, 15) is 0 Å². The molecular weight excluding hydrogens is 324 g/mol. The zero-order valence-electron chi connectivity index (χ0n) is 13.7. The lowest BCUT2D eigenvalue weighted by Crippen LogP contribution is -2.07. The van der Waals surface area contributed by atoms with E-state index in [1.54, 1.807) is 18.5 Å². The Balaban J connectivity index is 1.92. The van der Waals surface area contributed by atoms with Gasteiger partial charge >= 0.3 is 0 Å². The fourth-order valence-corrected chi connectivity index (χ4v) is 2.24. The summed E-state index contributed by atoms with van der Waals surface area (Å²) in [6.45, 7) is 2.02. The van der Waals surface area contributed by atoms with Crippen molar-refractivity contribution in [3.8, 4) is 22.8 Å². The van der Waals surface area contributed by atoms with Gasteiger partial charge in [-0.15, -0.1) is 0 Å². The van der Waals surface area contributed by atoms with Crippen molar-refractivity contribution in [2.24, 2.45) is 4.99 Å². The van der Waals surface area contributed by atoms with Gasteiger partial charge in [0, 0.05) is 30.2 Å². The highest BCUT2D eigenvalue weighted by Crippen LogP contribution is 2.27. The van der Waals surface area contributed by atoms with Crippen molar-refractivity contribution >= 4 is 23.6 Å². The number of halogens is 1. The Hall–Kier alpha value is -2.66. The highest BCUT2D eigenvalue weighted by atomic mass is 35.5. The maximum absolute atomic E-state index is 5.90. The third kappa shape index (κ3) is 3.63. The maximum atomic E-state index is 5.90. The van der Waals surface area contributed by atoms with Crippen LogP contribution in [0.5, 0.6) is 0 Å². The quantitative estimate of drug-likeness (QED) is 0.515. The molecule has 0 amide bonds. The summed E-state index contributed by atoms with van der Waals surface area (Å²) in [5.74, 6) is 0.988. The molecular formula is C18H17ClN4O. The molecule has 24 heavy (non-hydrogen) atoms. The minimum absolute atomic E-state index is 0.459. The Labute approximate surface area is 145 Å². The van der Waals surface area contributed by atoms with E-state index in [0.717, 1.165) is 22.4 Å². The predicted octanol–water partition coefficient (Wildman–Crippen LogP) is 4.59. The van der Waals surface area contributed by atoms with Crippen LogP contribution < -0.4 is 0 Å². The highest BCUT2D eigenvalue weighted by Gasteiger charge is 2.11. The minimum Gasteiger partial charge on any atom is -0.369 e. The Morgan fingerprint density at radius 2 is 1.79 bits per heavy atom. The topological polar surface area (TPSA) is 54.5 Å². The van der Waals surface area contributed by atoms with Crippen molar-refractivity contribution < 1.29 is 4.52 Å². The first-order valence-corrected chi connectivity index (χ1v) is 7.82. The normalized spacial score (nSPS) is 11.2. The van der Waals surface area contributed by atoms with Gasteiger partial charge in [0.1, 0.15) is 0 Å². The van der Waals surface area contributed by atoms with E-state index in [2.05, 4.69) is 15.1 Å². The molecule has 0 fully saturated rings. The van der Waals surface area contributed by atoms with E-state index < -0.39 is 0 Å². The van der Waals surface area contributed by atoms with Gasteiger partial charge in [-0.2, -0.15) is 4.98 Å². The van der Waals surface area contributed by atoms with Crippen LogP contribution >= 0.6 is 11.6 Å². The number of nitrogens with zero attached hydrogens (tertiary/aromatic N) is 4. The molecule has 0 spiro atoms. The molecule has 3 rings (SSSR count). The largest absolute Gasteiger partial charge is 0.369 e. The van der Waals surface area contributed by atoms with Gasteiger partial charge < -0.3 is 9.42 Å². The zero-order chi connectivity index (χ0) is 17.1. The summed E-state index contributed by atoms with van der Waals surface area (Å²) >= 11 is 5.90. The Morgan fingerprint density at radius 3 is 2.50 bits per heavy atom. The minimum atomic E-state index is 0.459. The average Bonchev–Trinajstić information content (AvgIpc) is 3.04. The predicted molar refractivity (Wildman–Crippen MR) is 96.8 cm³/mol. The van der Waals surface area contributed by atoms with Crippen LogP contribution in [0, 0.1) is 6.92 Å². The van der Waals surface area contributed by atoms with Crippen LogP contribution in [-0.2, 0) is 0 Å². The van der Waals surface area contributed by atoms with Crippen LogP contribution in [0.15, 0.2) is 52.0 Å². The molecule has 0 unspecified atom stereocenters. The standard InChI is InChI=1S/C18H17ClN4O/c1-12-4-5-14(10-16(12)20-11-23(2)3)17-21-18(24-22-17)13-6-8-15(19)9-7-13/h4-11H,1-3H3. The first kappa shape index (κ1) is 16.2. The van der Waals surface area contributed by atoms with Crippen molar-refractivity contribution in [1.29, 1.82) is 0 Å². The summed E-state index contributed by atoms with van der Waals surface area (Å²) < 4.78 is 5.36. The second-order valence-corrected chi connectivity index (χ2v) is 6.08. The molecule has 5 nitrogen and oxygen atoms in total. The molecule has 2 aromatic carbocycles. The molecule has 3 aromatic rings. The molecule has 0 N–H and O–H groups in total. The SMILES string of the molecule is Cc1ccc(-c2noc(-c3ccc(Cl)cc3)n2)cc1N=CN(C)C. The first-order chi connectivity index (χ1) is 11.5. The van der Waals surface area contributed by atoms with Crippen molar-refractivity contribution in [2.45, 2.75) is 6.92 Å². The van der Waals surface area contributed by atoms with Gasteiger partial charge in [-0.25, -0.2) is 4.99 Å². The molecule has 1 heterocycles. The average molecular weight is 341 g/mol. The third-order valence-corrected chi connectivity index (χ3v) is 3.66. The Bertz CT molecular complexity index is 869. The van der Waals surface area contributed by atoms with Crippen LogP contribution in [-0.4, -0.2) is 35.5 Å². The lowest BCUT2D eigenvalue weighted by Gasteiger charge is -2.05. The van der Waals surface area contributed by atoms with Crippen LogP contribution in [0.25, 0.3) is 22.8 Å². The summed E-state index contributed by atoms with van der Waals surface area (Å²) in [6.07, 6.45) is 1.77. The summed E-state index contributed by atoms with van der Waals surface area (Å²) in [6, 6.07) is 13.2. The number of benzene rings is 2. The van der Waals surface area contributed by atoms with E-state index in [1.807, 2.05) is 56.3 Å². The fourth-order valence-electron chi connectivity index (χ4n) is 2.12. The molecule has 0 aliphatic rings. The van der Waals surface area contributed by atoms with E-state index in [1.165, 1.54) is 0 Å². The third-order valence-electron chi connectivity index (χ3n) is 3.41. The number of rotatable bonds is 4. The molecule has 0 saturated heterocycles. The summed E-state index contributed by atoms with van der Waals surface area (Å²) in [4.78, 5) is 10.8. The summed E-state index contributed by atoms with van der Waals surface area (Å²) in [5.41, 5.74) is 3.64. The molecule has 6 heteroatoms. The summed E-state index contributed by atoms with van der Waals surface area (Å²) in [5, 5.41) is 4.74. The zero-order valence-corrected chi connectivity index (χ0v) is 14.4. The number of aliphatic imine (C=N–C) groups is 1. The van der Waals surface area contributed by atoms with Crippen LogP contribution in [0.1, 0.15) is 5.56 Å². The lowest BCUT2D eigenvalue weighted by atomic mass is 10.1. The number of hydrogen-bond acceptors (Lipinski definition) is 4. The van der Waals surface area contributed by atoms with Gasteiger partial charge in [0.05, 0.1) is 12.0 Å². The molecule has 0 saturated carbocycles. The van der Waals surface area contributed by atoms with Gasteiger partial charge in [0.15, 0.2) is 0 Å². The molecule has 0 aliphatic carbocycles. The first-order valence-electron chi connectivity index (χ1n) is 7.44. The summed E-state index contributed by atoms with van der Waals surface area (Å²) in [7, 11) is 3.86. The van der Waals surface area contributed by atoms with E-state index >= 15 is 0 Å². The van der Waals surface area contributed by atoms with Crippen molar-refractivity contribution in [1.82, 2.24) is 15.0 Å². The molecule has 0 aliphatic heterocycles. The lowest BCUT2D eigenvalue weighted by molar-refractivity contribution is 0.432. The monoisotopic (exact) mass is 340 g/mol. The Kier molecular flexibility index (Phi) is 4.62. The smallest absolute Gasteiger partial charge is 0.258 e. The van der Waals surface area contributed by atoms with Gasteiger partial charge in [-0.3, -0.25) is 0 Å². The van der Waals surface area contributed by atoms with Gasteiger partial charge in [0.2, 0.25) is 5.82 Å². The second kappa shape index (κ2) is 6.84. The number of aromatic nitrogens is 2. The highest BCUT2D eigenvalue weighted by molar-refractivity contribution is 6.30. The molecule has 0 radical (unpaired) electrons. The maximum Gasteiger partial charge on any atom is 0.258 e. The number of aryl methyl sites for hydroxylation is 1. The van der Waals surface area contributed by atoms with Crippen molar-refractivity contribution in [2.75, 3.05) is 14.1 Å². The fraction of sp³-hybridized carbons (Fsp3) is 0.167. The van der Waals surface area contributed by atoms with Gasteiger partial charge in [-0.05, 0) is 42.8 Å². The molecule has 1 aromatic heterocycles. The van der Waals surface area contributed by atoms with Crippen molar-refractivity contribution in [3.63, 3.8) is 0 Å². The van der Waals surface area contributed by atoms with Crippen LogP contribution in [0.3, 0.4) is 0 Å². The van der Waals surface area contributed by atoms with Gasteiger partial charge in [-0.1, -0.05) is 28.9 Å². The van der Waals surface area contributed by atoms with Gasteiger partial charge in [0.25, 0.3) is 5.89 Å². The van der Waals surface area contributed by atoms with E-state index in [0.29, 0.717) is 16.7 Å².